The summed E-state index contributed by atoms with van der Waals surface area (Å²) in [6.07, 6.45) is 2.75. The quantitative estimate of drug-likeness (QED) is 0.744. The van der Waals surface area contributed by atoms with Crippen LogP contribution in [0.5, 0.6) is 0 Å². The Morgan fingerprint density at radius 2 is 2.03 bits per heavy atom. The van der Waals surface area contributed by atoms with Crippen molar-refractivity contribution in [2.45, 2.75) is 24.8 Å². The van der Waals surface area contributed by atoms with Crippen LogP contribution in [0.4, 0.5) is 10.5 Å². The molecule has 1 aliphatic rings. The third kappa shape index (κ3) is 3.85. The number of amides is 3. The van der Waals surface area contributed by atoms with Crippen molar-refractivity contribution >= 4 is 39.2 Å². The first-order valence-corrected chi connectivity index (χ1v) is 10.1. The average molecular weight is 435 g/mol. The lowest BCUT2D eigenvalue weighted by molar-refractivity contribution is -0.121. The van der Waals surface area contributed by atoms with Crippen LogP contribution < -0.4 is 10.6 Å². The van der Waals surface area contributed by atoms with Crippen molar-refractivity contribution in [1.82, 2.24) is 19.6 Å². The number of nitriles is 1. The Morgan fingerprint density at radius 3 is 2.66 bits per heavy atom. The van der Waals surface area contributed by atoms with Crippen molar-refractivity contribution in [1.29, 1.82) is 5.26 Å². The van der Waals surface area contributed by atoms with Crippen molar-refractivity contribution in [3.8, 4) is 6.07 Å². The fraction of sp³-hybridized carbons (Fsp3) is 0.235. The molecule has 0 spiro atoms. The monoisotopic (exact) mass is 434 g/mol. The molecule has 0 aliphatic carbocycles. The van der Waals surface area contributed by atoms with Crippen LogP contribution >= 0.6 is 11.6 Å². The molecular weight excluding hydrogens is 420 g/mol. The number of aryl methyl sites for hydroxylation is 1. The molecule has 2 N–H and O–H groups in total. The van der Waals surface area contributed by atoms with Gasteiger partial charge in [-0.1, -0.05) is 17.7 Å². The lowest BCUT2D eigenvalue weighted by Crippen LogP contribution is -2.49. The number of benzene rings is 1. The topological polar surface area (TPSA) is 145 Å². The fourth-order valence-electron chi connectivity index (χ4n) is 2.68. The molecule has 12 heteroatoms. The first kappa shape index (κ1) is 20.5. The highest BCUT2D eigenvalue weighted by molar-refractivity contribution is 7.90. The van der Waals surface area contributed by atoms with Gasteiger partial charge in [0, 0.05) is 18.0 Å². The molecule has 10 nitrogen and oxygen atoms in total. The van der Waals surface area contributed by atoms with Crippen molar-refractivity contribution in [2.75, 3.05) is 11.9 Å². The van der Waals surface area contributed by atoms with Gasteiger partial charge in [-0.2, -0.15) is 5.26 Å². The van der Waals surface area contributed by atoms with Gasteiger partial charge < -0.3 is 10.6 Å². The molecule has 2 aromatic rings. The highest BCUT2D eigenvalue weighted by atomic mass is 35.5. The van der Waals surface area contributed by atoms with Gasteiger partial charge in [-0.15, -0.1) is 0 Å². The highest BCUT2D eigenvalue weighted by Crippen LogP contribution is 2.37. The first-order chi connectivity index (χ1) is 13.6. The molecule has 0 bridgehead atoms. The lowest BCUT2D eigenvalue weighted by atomic mass is 10.2. The van der Waals surface area contributed by atoms with Gasteiger partial charge in [0.1, 0.15) is 17.5 Å². The molecule has 0 fully saturated rings. The Kier molecular flexibility index (Phi) is 5.41. The number of nitrogens with zero attached hydrogens (tertiary/aromatic N) is 4. The number of hydrogen-bond acceptors (Lipinski definition) is 7. The number of carbonyl (C=O) groups excluding carboxylic acids is 2. The summed E-state index contributed by atoms with van der Waals surface area (Å²) in [6, 6.07) is 3.27. The van der Waals surface area contributed by atoms with Crippen molar-refractivity contribution in [3.63, 3.8) is 0 Å². The van der Waals surface area contributed by atoms with E-state index >= 15 is 0 Å². The molecule has 0 unspecified atom stereocenters. The number of halogens is 1. The summed E-state index contributed by atoms with van der Waals surface area (Å²) in [7, 11) is -4.32. The highest BCUT2D eigenvalue weighted by Gasteiger charge is 2.40. The second-order valence-corrected chi connectivity index (χ2v) is 8.43. The number of urea groups is 1. The molecule has 1 aromatic heterocycles. The van der Waals surface area contributed by atoms with Crippen molar-refractivity contribution in [2.24, 2.45) is 0 Å². The van der Waals surface area contributed by atoms with Gasteiger partial charge in [0.05, 0.1) is 16.8 Å². The Balaban J connectivity index is 1.80. The van der Waals surface area contributed by atoms with Gasteiger partial charge in [-0.05, 0) is 25.5 Å². The van der Waals surface area contributed by atoms with Gasteiger partial charge in [0.25, 0.3) is 10.0 Å². The zero-order valence-electron chi connectivity index (χ0n) is 15.3. The third-order valence-electron chi connectivity index (χ3n) is 4.24. The second-order valence-electron chi connectivity index (χ2n) is 6.26. The maximum Gasteiger partial charge on any atom is 0.336 e. The summed E-state index contributed by atoms with van der Waals surface area (Å²) < 4.78 is 26.2. The maximum absolute atomic E-state index is 12.9. The van der Waals surface area contributed by atoms with Gasteiger partial charge in [0.2, 0.25) is 11.7 Å². The van der Waals surface area contributed by atoms with Crippen LogP contribution in [0.25, 0.3) is 0 Å². The molecule has 1 atom stereocenters. The van der Waals surface area contributed by atoms with E-state index in [0.717, 1.165) is 0 Å². The zero-order chi connectivity index (χ0) is 21.3. The molecule has 2 heterocycles. The number of carbonyl (C=O) groups is 2. The Bertz CT molecular complexity index is 1140. The number of hydrogen-bond donors (Lipinski definition) is 2. The van der Waals surface area contributed by atoms with Crippen LogP contribution in [-0.2, 0) is 14.8 Å². The molecule has 3 rings (SSSR count). The van der Waals surface area contributed by atoms with E-state index in [0.29, 0.717) is 15.4 Å². The van der Waals surface area contributed by atoms with Crippen LogP contribution in [0.15, 0.2) is 29.4 Å². The molecule has 3 amide bonds. The molecule has 150 valence electrons. The number of aromatic nitrogens is 2. The predicted molar refractivity (Wildman–Crippen MR) is 102 cm³/mol. The Morgan fingerprint density at radius 1 is 1.38 bits per heavy atom. The molecular formula is C17H15ClN6O4S. The summed E-state index contributed by atoms with van der Waals surface area (Å²) in [4.78, 5) is 32.1. The minimum atomic E-state index is -4.32. The maximum atomic E-state index is 12.9. The van der Waals surface area contributed by atoms with E-state index in [9.17, 15) is 18.0 Å². The van der Waals surface area contributed by atoms with Gasteiger partial charge in [-0.3, -0.25) is 4.79 Å². The molecule has 29 heavy (non-hydrogen) atoms. The summed E-state index contributed by atoms with van der Waals surface area (Å²) in [5.41, 5.74) is 1.08. The van der Waals surface area contributed by atoms with Crippen LogP contribution in [-0.4, -0.2) is 41.2 Å². The minimum absolute atomic E-state index is 0.0176. The SMILES string of the molecule is Cc1ccc2c(c1Cl)S(=O)(=O)N(CC(=O)N[C@@H](C)c1cnc(C#N)nc1)C(=O)N2. The normalized spacial score (nSPS) is 15.7. The number of anilines is 1. The van der Waals surface area contributed by atoms with E-state index in [4.69, 9.17) is 16.9 Å². The number of fused-ring (bicyclic) bond motifs is 1. The fourth-order valence-corrected chi connectivity index (χ4v) is 4.69. The standard InChI is InChI=1S/C17H15ClN6O4S/c1-9-3-4-12-16(15(9)18)29(27,28)24(17(26)23-12)8-14(25)22-10(2)11-6-20-13(5-19)21-7-11/h3-4,6-7,10H,8H2,1-2H3,(H,22,25)(H,23,26)/t10-/m0/s1. The van der Waals surface area contributed by atoms with Crippen molar-refractivity contribution in [3.05, 3.63) is 46.5 Å². The number of rotatable bonds is 4. The zero-order valence-corrected chi connectivity index (χ0v) is 16.9. The van der Waals surface area contributed by atoms with E-state index in [1.54, 1.807) is 26.0 Å². The molecule has 0 saturated heterocycles. The Labute approximate surface area is 171 Å². The summed E-state index contributed by atoms with van der Waals surface area (Å²) in [5.74, 6) is -0.734. The second kappa shape index (κ2) is 7.65. The predicted octanol–water partition coefficient (Wildman–Crippen LogP) is 1.72. The summed E-state index contributed by atoms with van der Waals surface area (Å²) in [5, 5.41) is 13.7. The molecule has 0 saturated carbocycles. The summed E-state index contributed by atoms with van der Waals surface area (Å²) in [6.45, 7) is 2.52. The lowest BCUT2D eigenvalue weighted by Gasteiger charge is -2.29. The van der Waals surface area contributed by atoms with Crippen LogP contribution in [0.3, 0.4) is 0 Å². The number of sulfonamides is 1. The third-order valence-corrected chi connectivity index (χ3v) is 6.66. The largest absolute Gasteiger partial charge is 0.348 e. The van der Waals surface area contributed by atoms with E-state index < -0.39 is 34.5 Å². The van der Waals surface area contributed by atoms with E-state index in [1.165, 1.54) is 18.5 Å². The van der Waals surface area contributed by atoms with E-state index in [2.05, 4.69) is 20.6 Å². The number of nitrogens with one attached hydrogen (secondary N) is 2. The van der Waals surface area contributed by atoms with Gasteiger partial charge >= 0.3 is 6.03 Å². The molecule has 1 aromatic carbocycles. The smallest absolute Gasteiger partial charge is 0.336 e. The van der Waals surface area contributed by atoms with Gasteiger partial charge in [-0.25, -0.2) is 27.5 Å². The first-order valence-electron chi connectivity index (χ1n) is 8.29. The van der Waals surface area contributed by atoms with E-state index in [1.807, 2.05) is 0 Å². The van der Waals surface area contributed by atoms with Crippen LogP contribution in [0.2, 0.25) is 5.02 Å². The molecule has 1 aliphatic heterocycles. The molecule has 0 radical (unpaired) electrons. The van der Waals surface area contributed by atoms with Crippen LogP contribution in [0.1, 0.15) is 29.9 Å². The average Bonchev–Trinajstić information content (AvgIpc) is 2.67. The summed E-state index contributed by atoms with van der Waals surface area (Å²) >= 11 is 6.14. The van der Waals surface area contributed by atoms with Crippen molar-refractivity contribution < 1.29 is 18.0 Å². The van der Waals surface area contributed by atoms with Crippen LogP contribution in [0, 0.1) is 18.3 Å². The van der Waals surface area contributed by atoms with E-state index in [-0.39, 0.29) is 21.4 Å². The minimum Gasteiger partial charge on any atom is -0.348 e. The Hall–Kier alpha value is -3.23. The van der Waals surface area contributed by atoms with Gasteiger partial charge in [0.15, 0.2) is 0 Å².